The van der Waals surface area contributed by atoms with E-state index in [0.717, 1.165) is 12.1 Å². The third-order valence-electron chi connectivity index (χ3n) is 6.08. The Balaban J connectivity index is 1.34. The van der Waals surface area contributed by atoms with E-state index in [4.69, 9.17) is 4.42 Å². The van der Waals surface area contributed by atoms with Crippen LogP contribution in [0.5, 0.6) is 0 Å². The van der Waals surface area contributed by atoms with Crippen molar-refractivity contribution in [1.29, 1.82) is 0 Å². The molecule has 2 heterocycles. The van der Waals surface area contributed by atoms with Crippen molar-refractivity contribution in [2.24, 2.45) is 5.92 Å². The second kappa shape index (κ2) is 7.86. The smallest absolute Gasteiger partial charge is 0.416 e. The molecule has 0 unspecified atom stereocenters. The van der Waals surface area contributed by atoms with Crippen LogP contribution >= 0.6 is 0 Å². The highest BCUT2D eigenvalue weighted by Crippen LogP contribution is 2.36. The number of oxazole rings is 1. The molecule has 0 spiro atoms. The van der Waals surface area contributed by atoms with E-state index in [2.05, 4.69) is 10.3 Å². The van der Waals surface area contributed by atoms with Gasteiger partial charge in [-0.15, -0.1) is 0 Å². The fourth-order valence-electron chi connectivity index (χ4n) is 4.25. The van der Waals surface area contributed by atoms with Crippen LogP contribution in [-0.4, -0.2) is 36.9 Å². The Morgan fingerprint density at radius 3 is 2.37 bits per heavy atom. The Labute approximate surface area is 172 Å². The van der Waals surface area contributed by atoms with Crippen molar-refractivity contribution in [2.45, 2.75) is 56.7 Å². The molecule has 164 valence electrons. The summed E-state index contributed by atoms with van der Waals surface area (Å²) in [5.41, 5.74) is -0.222. The number of benzene rings is 1. The first-order valence-corrected chi connectivity index (χ1v) is 11.9. The van der Waals surface area contributed by atoms with Crippen LogP contribution in [0.3, 0.4) is 0 Å². The van der Waals surface area contributed by atoms with Gasteiger partial charge in [0.1, 0.15) is 15.4 Å². The Kier molecular flexibility index (Phi) is 5.54. The van der Waals surface area contributed by atoms with Crippen LogP contribution in [0, 0.1) is 5.92 Å². The van der Waals surface area contributed by atoms with Crippen molar-refractivity contribution >= 4 is 26.8 Å². The Morgan fingerprint density at radius 2 is 1.73 bits per heavy atom. The molecule has 1 aromatic heterocycles. The highest BCUT2D eigenvalue weighted by Gasteiger charge is 2.33. The lowest BCUT2D eigenvalue weighted by molar-refractivity contribution is -0.137. The number of rotatable bonds is 3. The summed E-state index contributed by atoms with van der Waals surface area (Å²) in [6.07, 6.45) is -0.835. The molecule has 2 aliphatic rings. The first-order valence-electron chi connectivity index (χ1n) is 10.1. The summed E-state index contributed by atoms with van der Waals surface area (Å²) in [7, 11) is -3.00. The van der Waals surface area contributed by atoms with Crippen LogP contribution in [0.15, 0.2) is 22.6 Å². The lowest BCUT2D eigenvalue weighted by atomic mass is 9.85. The zero-order valence-corrected chi connectivity index (χ0v) is 17.1. The maximum atomic E-state index is 12.9. The molecule has 1 aliphatic carbocycles. The van der Waals surface area contributed by atoms with Gasteiger partial charge in [0.2, 0.25) is 5.91 Å². The Morgan fingerprint density at radius 1 is 1.07 bits per heavy atom. The molecule has 1 aliphatic heterocycles. The summed E-state index contributed by atoms with van der Waals surface area (Å²) in [6.45, 7) is 0. The van der Waals surface area contributed by atoms with Crippen molar-refractivity contribution in [3.05, 3.63) is 29.7 Å². The number of carbonyl (C=O) groups excluding carboxylic acids is 1. The number of alkyl halides is 3. The van der Waals surface area contributed by atoms with E-state index in [-0.39, 0.29) is 40.8 Å². The van der Waals surface area contributed by atoms with E-state index in [0.29, 0.717) is 50.0 Å². The number of nitrogens with one attached hydrogen (secondary N) is 1. The molecule has 1 amide bonds. The van der Waals surface area contributed by atoms with E-state index >= 15 is 0 Å². The minimum Gasteiger partial charge on any atom is -0.440 e. The first kappa shape index (κ1) is 21.1. The SMILES string of the molecule is O=C(NC1CCC(c2nc3cc(C(F)(F)F)ccc3o2)CC1)C1CCS(=O)(=O)CC1. The lowest BCUT2D eigenvalue weighted by Gasteiger charge is -2.29. The van der Waals surface area contributed by atoms with Crippen LogP contribution in [0.4, 0.5) is 13.2 Å². The van der Waals surface area contributed by atoms with E-state index < -0.39 is 21.6 Å². The van der Waals surface area contributed by atoms with Gasteiger partial charge in [0.05, 0.1) is 17.1 Å². The summed E-state index contributed by atoms with van der Waals surface area (Å²) in [5, 5.41) is 3.03. The van der Waals surface area contributed by atoms with Crippen molar-refractivity contribution in [2.75, 3.05) is 11.5 Å². The normalized spacial score (nSPS) is 25.3. The molecule has 1 saturated heterocycles. The lowest BCUT2D eigenvalue weighted by Crippen LogP contribution is -2.42. The van der Waals surface area contributed by atoms with Gasteiger partial charge in [-0.05, 0) is 56.7 Å². The molecular formula is C20H23F3N2O4S. The fourth-order valence-corrected chi connectivity index (χ4v) is 5.74. The zero-order valence-electron chi connectivity index (χ0n) is 16.2. The molecule has 4 rings (SSSR count). The Bertz CT molecular complexity index is 1030. The minimum absolute atomic E-state index is 0.000266. The van der Waals surface area contributed by atoms with Gasteiger partial charge in [0, 0.05) is 17.9 Å². The van der Waals surface area contributed by atoms with Crippen LogP contribution in [0.1, 0.15) is 55.9 Å². The average Bonchev–Trinajstić information content (AvgIpc) is 3.11. The molecule has 2 aromatic rings. The number of sulfone groups is 1. The number of fused-ring (bicyclic) bond motifs is 1. The summed E-state index contributed by atoms with van der Waals surface area (Å²) >= 11 is 0. The molecule has 10 heteroatoms. The Hall–Kier alpha value is -2.10. The quantitative estimate of drug-likeness (QED) is 0.778. The number of hydrogen-bond acceptors (Lipinski definition) is 5. The second-order valence-corrected chi connectivity index (χ2v) is 10.5. The van der Waals surface area contributed by atoms with Gasteiger partial charge >= 0.3 is 6.18 Å². The van der Waals surface area contributed by atoms with Gasteiger partial charge in [-0.2, -0.15) is 13.2 Å². The molecule has 0 bridgehead atoms. The summed E-state index contributed by atoms with van der Waals surface area (Å²) < 4.78 is 67.3. The average molecular weight is 444 g/mol. The van der Waals surface area contributed by atoms with Gasteiger partial charge in [0.15, 0.2) is 11.5 Å². The van der Waals surface area contributed by atoms with Crippen LogP contribution in [-0.2, 0) is 20.8 Å². The van der Waals surface area contributed by atoms with Crippen molar-refractivity contribution in [3.8, 4) is 0 Å². The summed E-state index contributed by atoms with van der Waals surface area (Å²) in [6, 6.07) is 3.29. The number of amides is 1. The predicted octanol–water partition coefficient (Wildman–Crippen LogP) is 3.81. The highest BCUT2D eigenvalue weighted by molar-refractivity contribution is 7.91. The summed E-state index contributed by atoms with van der Waals surface area (Å²) in [4.78, 5) is 16.7. The number of aromatic nitrogens is 1. The topological polar surface area (TPSA) is 89.3 Å². The molecule has 2 fully saturated rings. The number of nitrogens with zero attached hydrogens (tertiary/aromatic N) is 1. The second-order valence-electron chi connectivity index (χ2n) is 8.22. The van der Waals surface area contributed by atoms with Crippen molar-refractivity contribution in [3.63, 3.8) is 0 Å². The molecule has 30 heavy (non-hydrogen) atoms. The summed E-state index contributed by atoms with van der Waals surface area (Å²) in [5.74, 6) is 0.212. The molecule has 1 N–H and O–H groups in total. The monoisotopic (exact) mass is 444 g/mol. The predicted molar refractivity (Wildman–Crippen MR) is 104 cm³/mol. The number of halogens is 3. The zero-order chi connectivity index (χ0) is 21.5. The van der Waals surface area contributed by atoms with E-state index in [1.54, 1.807) is 0 Å². The maximum absolute atomic E-state index is 12.9. The van der Waals surface area contributed by atoms with Gasteiger partial charge in [-0.25, -0.2) is 13.4 Å². The molecule has 0 radical (unpaired) electrons. The highest BCUT2D eigenvalue weighted by atomic mass is 32.2. The fraction of sp³-hybridized carbons (Fsp3) is 0.600. The maximum Gasteiger partial charge on any atom is 0.416 e. The van der Waals surface area contributed by atoms with Crippen LogP contribution < -0.4 is 5.32 Å². The molecule has 6 nitrogen and oxygen atoms in total. The van der Waals surface area contributed by atoms with E-state index in [9.17, 15) is 26.4 Å². The van der Waals surface area contributed by atoms with Crippen molar-refractivity contribution < 1.29 is 30.8 Å². The third-order valence-corrected chi connectivity index (χ3v) is 7.80. The molecular weight excluding hydrogens is 421 g/mol. The standard InChI is InChI=1S/C20H23F3N2O4S/c21-20(22,23)14-3-6-17-16(11-14)25-19(29-17)13-1-4-15(5-2-13)24-18(26)12-7-9-30(27,28)10-8-12/h3,6,11-13,15H,1-2,4-5,7-10H2,(H,24,26). The van der Waals surface area contributed by atoms with Gasteiger partial charge < -0.3 is 9.73 Å². The van der Waals surface area contributed by atoms with Crippen LogP contribution in [0.2, 0.25) is 0 Å². The third kappa shape index (κ3) is 4.63. The van der Waals surface area contributed by atoms with Gasteiger partial charge in [-0.3, -0.25) is 4.79 Å². The molecule has 1 saturated carbocycles. The molecule has 1 aromatic carbocycles. The van der Waals surface area contributed by atoms with Crippen LogP contribution in [0.25, 0.3) is 11.1 Å². The van der Waals surface area contributed by atoms with Crippen molar-refractivity contribution in [1.82, 2.24) is 10.3 Å². The number of hydrogen-bond donors (Lipinski definition) is 1. The molecule has 0 atom stereocenters. The number of carbonyl (C=O) groups is 1. The van der Waals surface area contributed by atoms with Gasteiger partial charge in [0.25, 0.3) is 0 Å². The minimum atomic E-state index is -4.42. The first-order chi connectivity index (χ1) is 14.1. The van der Waals surface area contributed by atoms with E-state index in [1.165, 1.54) is 6.07 Å². The largest absolute Gasteiger partial charge is 0.440 e. The van der Waals surface area contributed by atoms with E-state index in [1.807, 2.05) is 0 Å². The van der Waals surface area contributed by atoms with Gasteiger partial charge in [-0.1, -0.05) is 0 Å².